The standard InChI is InChI=1S/C40H67NO7/c1-6-8-10-12-14-16-18-19-21-22-24-26-28-30-38(42)47-35-36(34-46-33-32-37(40(44)45)41(3,4)5)48-39(43)31-29-27-25-23-20-17-15-13-11-9-7-2/h8,10,12,14,16,18-19,21-22,24,36-37H,6-7,9,11,13,15,17,20,23,25-35H2,1-5H3/p+1/b10-8+,14-12+,18-16+,21-19+,24-22+. The van der Waals surface area contributed by atoms with Crippen molar-refractivity contribution < 1.29 is 38.2 Å². The molecule has 1 N–H and O–H groups in total. The van der Waals surface area contributed by atoms with Gasteiger partial charge in [-0.1, -0.05) is 139 Å². The van der Waals surface area contributed by atoms with Crippen LogP contribution < -0.4 is 0 Å². The number of rotatable bonds is 31. The zero-order valence-corrected chi connectivity index (χ0v) is 30.9. The lowest BCUT2D eigenvalue weighted by Crippen LogP contribution is -2.50. The van der Waals surface area contributed by atoms with Gasteiger partial charge in [0.25, 0.3) is 0 Å². The van der Waals surface area contributed by atoms with Crippen LogP contribution in [0.15, 0.2) is 60.8 Å². The molecule has 0 saturated carbocycles. The number of ether oxygens (including phenoxy) is 3. The smallest absolute Gasteiger partial charge is 0.362 e. The molecule has 0 aromatic rings. The molecule has 0 amide bonds. The number of carbonyl (C=O) groups excluding carboxylic acids is 2. The Balaban J connectivity index is 4.58. The van der Waals surface area contributed by atoms with E-state index in [9.17, 15) is 19.5 Å². The van der Waals surface area contributed by atoms with Crippen molar-refractivity contribution in [3.63, 3.8) is 0 Å². The summed E-state index contributed by atoms with van der Waals surface area (Å²) in [5.74, 6) is -1.57. The number of hydrogen-bond acceptors (Lipinski definition) is 6. The summed E-state index contributed by atoms with van der Waals surface area (Å²) in [6, 6.07) is -0.624. The van der Waals surface area contributed by atoms with Gasteiger partial charge < -0.3 is 23.8 Å². The number of esters is 2. The van der Waals surface area contributed by atoms with E-state index in [1.165, 1.54) is 51.4 Å². The minimum Gasteiger partial charge on any atom is -0.477 e. The Bertz CT molecular complexity index is 975. The summed E-state index contributed by atoms with van der Waals surface area (Å²) >= 11 is 0. The average molecular weight is 675 g/mol. The molecule has 0 bridgehead atoms. The molecule has 0 spiro atoms. The zero-order valence-electron chi connectivity index (χ0n) is 30.9. The van der Waals surface area contributed by atoms with Crippen molar-refractivity contribution in [3.8, 4) is 0 Å². The Morgan fingerprint density at radius 1 is 0.646 bits per heavy atom. The van der Waals surface area contributed by atoms with Gasteiger partial charge in [0.1, 0.15) is 6.61 Å². The van der Waals surface area contributed by atoms with Gasteiger partial charge in [0.05, 0.1) is 34.4 Å². The molecule has 0 aliphatic carbocycles. The molecule has 274 valence electrons. The van der Waals surface area contributed by atoms with Gasteiger partial charge >= 0.3 is 17.9 Å². The Labute approximate surface area is 292 Å². The molecule has 0 aliphatic rings. The van der Waals surface area contributed by atoms with E-state index in [1.807, 2.05) is 75.8 Å². The van der Waals surface area contributed by atoms with E-state index in [0.717, 1.165) is 32.1 Å². The van der Waals surface area contributed by atoms with E-state index >= 15 is 0 Å². The molecule has 8 nitrogen and oxygen atoms in total. The van der Waals surface area contributed by atoms with Crippen LogP contribution in [0.3, 0.4) is 0 Å². The summed E-state index contributed by atoms with van der Waals surface area (Å²) in [7, 11) is 5.48. The van der Waals surface area contributed by atoms with E-state index in [-0.39, 0.29) is 42.7 Å². The Hall–Kier alpha value is -2.97. The first-order valence-electron chi connectivity index (χ1n) is 18.4. The number of unbranched alkanes of at least 4 members (excludes halogenated alkanes) is 11. The van der Waals surface area contributed by atoms with E-state index < -0.39 is 18.1 Å². The number of allylic oxidation sites excluding steroid dienone is 10. The van der Waals surface area contributed by atoms with Crippen LogP contribution in [0.2, 0.25) is 0 Å². The number of carboxylic acid groups (broad SMARTS) is 1. The molecular formula is C40H68NO7+. The summed E-state index contributed by atoms with van der Waals surface area (Å²) in [6.45, 7) is 4.47. The van der Waals surface area contributed by atoms with Crippen LogP contribution in [0.5, 0.6) is 0 Å². The van der Waals surface area contributed by atoms with Crippen LogP contribution in [0.1, 0.15) is 123 Å². The predicted molar refractivity (Wildman–Crippen MR) is 197 cm³/mol. The van der Waals surface area contributed by atoms with E-state index in [0.29, 0.717) is 19.3 Å². The third-order valence-electron chi connectivity index (χ3n) is 7.81. The highest BCUT2D eigenvalue weighted by molar-refractivity contribution is 5.72. The van der Waals surface area contributed by atoms with Crippen LogP contribution >= 0.6 is 0 Å². The molecule has 0 rings (SSSR count). The number of quaternary nitrogens is 1. The summed E-state index contributed by atoms with van der Waals surface area (Å²) in [5.41, 5.74) is 0. The quantitative estimate of drug-likeness (QED) is 0.0339. The molecule has 0 fully saturated rings. The number of aliphatic carboxylic acids is 1. The van der Waals surface area contributed by atoms with Gasteiger partial charge in [0.15, 0.2) is 12.1 Å². The summed E-state index contributed by atoms with van der Waals surface area (Å²) in [5, 5.41) is 9.57. The maximum Gasteiger partial charge on any atom is 0.362 e. The van der Waals surface area contributed by atoms with Gasteiger partial charge in [-0.3, -0.25) is 9.59 Å². The topological polar surface area (TPSA) is 99.1 Å². The molecule has 0 heterocycles. The van der Waals surface area contributed by atoms with Gasteiger partial charge in [-0.25, -0.2) is 4.79 Å². The van der Waals surface area contributed by atoms with E-state index in [1.54, 1.807) is 0 Å². The molecule has 2 unspecified atom stereocenters. The first-order valence-corrected chi connectivity index (χ1v) is 18.4. The summed E-state index contributed by atoms with van der Waals surface area (Å²) in [6.07, 6.45) is 35.6. The molecule has 8 heteroatoms. The maximum atomic E-state index is 12.6. The van der Waals surface area contributed by atoms with Crippen molar-refractivity contribution in [2.45, 2.75) is 135 Å². The molecule has 0 aliphatic heterocycles. The van der Waals surface area contributed by atoms with Crippen molar-refractivity contribution >= 4 is 17.9 Å². The first-order chi connectivity index (χ1) is 23.1. The van der Waals surface area contributed by atoms with Gasteiger partial charge in [0.2, 0.25) is 0 Å². The second-order valence-corrected chi connectivity index (χ2v) is 13.2. The predicted octanol–water partition coefficient (Wildman–Crippen LogP) is 9.07. The largest absolute Gasteiger partial charge is 0.477 e. The average Bonchev–Trinajstić information content (AvgIpc) is 3.03. The van der Waals surface area contributed by atoms with Crippen molar-refractivity contribution in [1.29, 1.82) is 0 Å². The second kappa shape index (κ2) is 31.3. The number of carbonyl (C=O) groups is 3. The molecule has 48 heavy (non-hydrogen) atoms. The van der Waals surface area contributed by atoms with Gasteiger partial charge in [-0.2, -0.15) is 0 Å². The fourth-order valence-electron chi connectivity index (χ4n) is 4.94. The highest BCUT2D eigenvalue weighted by atomic mass is 16.6. The lowest BCUT2D eigenvalue weighted by molar-refractivity contribution is -0.887. The zero-order chi connectivity index (χ0) is 35.7. The molecular weight excluding hydrogens is 606 g/mol. The number of likely N-dealkylation sites (N-methyl/N-ethyl adjacent to an activating group) is 1. The number of carboxylic acids is 1. The lowest BCUT2D eigenvalue weighted by Gasteiger charge is -2.31. The highest BCUT2D eigenvalue weighted by Crippen LogP contribution is 2.13. The minimum atomic E-state index is -0.888. The van der Waals surface area contributed by atoms with Crippen molar-refractivity contribution in [2.75, 3.05) is 41.0 Å². The maximum absolute atomic E-state index is 12.6. The Morgan fingerprint density at radius 3 is 1.71 bits per heavy atom. The third kappa shape index (κ3) is 29.2. The lowest BCUT2D eigenvalue weighted by atomic mass is 10.1. The molecule has 0 aromatic heterocycles. The van der Waals surface area contributed by atoms with Gasteiger partial charge in [0, 0.05) is 19.3 Å². The van der Waals surface area contributed by atoms with Crippen LogP contribution in [0.25, 0.3) is 0 Å². The van der Waals surface area contributed by atoms with Crippen LogP contribution in [-0.4, -0.2) is 80.6 Å². The SMILES string of the molecule is CC/C=C/C=C/C=C/C=C/C=C/CCCC(=O)OCC(COCCC(C(=O)O)[N+](C)(C)C)OC(=O)CCCCCCCCCCCCC. The van der Waals surface area contributed by atoms with Gasteiger partial charge in [-0.15, -0.1) is 0 Å². The third-order valence-corrected chi connectivity index (χ3v) is 7.81. The van der Waals surface area contributed by atoms with Crippen LogP contribution in [-0.2, 0) is 28.6 Å². The monoisotopic (exact) mass is 674 g/mol. The Morgan fingerprint density at radius 2 is 1.17 bits per heavy atom. The first kappa shape index (κ1) is 45.0. The fourth-order valence-corrected chi connectivity index (χ4v) is 4.94. The van der Waals surface area contributed by atoms with Crippen LogP contribution in [0.4, 0.5) is 0 Å². The molecule has 2 atom stereocenters. The number of hydrogen-bond donors (Lipinski definition) is 1. The molecule has 0 radical (unpaired) electrons. The highest BCUT2D eigenvalue weighted by Gasteiger charge is 2.31. The van der Waals surface area contributed by atoms with Gasteiger partial charge in [-0.05, 0) is 25.7 Å². The summed E-state index contributed by atoms with van der Waals surface area (Å²) < 4.78 is 17.1. The normalized spacial score (nSPS) is 13.8. The van der Waals surface area contributed by atoms with Crippen molar-refractivity contribution in [1.82, 2.24) is 0 Å². The summed E-state index contributed by atoms with van der Waals surface area (Å²) in [4.78, 5) is 36.7. The van der Waals surface area contributed by atoms with E-state index in [4.69, 9.17) is 14.2 Å². The van der Waals surface area contributed by atoms with Crippen molar-refractivity contribution in [2.24, 2.45) is 0 Å². The molecule has 0 aromatic carbocycles. The van der Waals surface area contributed by atoms with Crippen LogP contribution in [0, 0.1) is 0 Å². The van der Waals surface area contributed by atoms with Crippen molar-refractivity contribution in [3.05, 3.63) is 60.8 Å². The van der Waals surface area contributed by atoms with E-state index in [2.05, 4.69) is 19.9 Å². The fraction of sp³-hybridized carbons (Fsp3) is 0.675. The Kier molecular flexibility index (Phi) is 29.4. The number of nitrogens with zero attached hydrogens (tertiary/aromatic N) is 1. The minimum absolute atomic E-state index is 0.0372. The molecule has 0 saturated heterocycles. The second-order valence-electron chi connectivity index (χ2n) is 13.2.